The summed E-state index contributed by atoms with van der Waals surface area (Å²) in [7, 11) is -3.69. The summed E-state index contributed by atoms with van der Waals surface area (Å²) < 4.78 is 35.8. The molecule has 8 heteroatoms. The molecule has 0 atom stereocenters. The van der Waals surface area contributed by atoms with Gasteiger partial charge in [-0.3, -0.25) is 4.79 Å². The van der Waals surface area contributed by atoms with Crippen LogP contribution in [0, 0.1) is 13.8 Å². The quantitative estimate of drug-likeness (QED) is 0.327. The first-order valence-corrected chi connectivity index (χ1v) is 14.7. The Morgan fingerprint density at radius 3 is 2.41 bits per heavy atom. The van der Waals surface area contributed by atoms with E-state index in [-0.39, 0.29) is 10.8 Å². The SMILES string of the molecule is CCN1C(=O)C(=Cc2cc(C)n(-c3ccc4ccccc4c3)c2C)c2cc(S(=O)(=O)N3CCOCC3)ccc21. The summed E-state index contributed by atoms with van der Waals surface area (Å²) in [6, 6.07) is 21.8. The summed E-state index contributed by atoms with van der Waals surface area (Å²) in [6.45, 7) is 7.93. The van der Waals surface area contributed by atoms with Gasteiger partial charge in [-0.2, -0.15) is 4.31 Å². The first-order chi connectivity index (χ1) is 18.8. The fourth-order valence-corrected chi connectivity index (χ4v) is 7.12. The molecule has 0 radical (unpaired) electrons. The summed E-state index contributed by atoms with van der Waals surface area (Å²) in [6.07, 6.45) is 1.90. The number of benzene rings is 3. The molecule has 6 rings (SSSR count). The summed E-state index contributed by atoms with van der Waals surface area (Å²) in [5.74, 6) is -0.121. The third-order valence-corrected chi connectivity index (χ3v) is 9.60. The summed E-state index contributed by atoms with van der Waals surface area (Å²) in [4.78, 5) is 15.5. The van der Waals surface area contributed by atoms with E-state index in [1.807, 2.05) is 32.1 Å². The second-order valence-electron chi connectivity index (χ2n) is 10.00. The number of rotatable bonds is 5. The van der Waals surface area contributed by atoms with Crippen molar-refractivity contribution in [3.8, 4) is 5.69 Å². The van der Waals surface area contributed by atoms with E-state index in [4.69, 9.17) is 4.74 Å². The number of hydrogen-bond donors (Lipinski definition) is 0. The maximum Gasteiger partial charge on any atom is 0.258 e. The molecule has 1 saturated heterocycles. The van der Waals surface area contributed by atoms with Crippen molar-refractivity contribution in [2.45, 2.75) is 25.7 Å². The first-order valence-electron chi connectivity index (χ1n) is 13.2. The highest BCUT2D eigenvalue weighted by Crippen LogP contribution is 2.40. The van der Waals surface area contributed by atoms with Crippen LogP contribution >= 0.6 is 0 Å². The molecule has 3 aromatic carbocycles. The van der Waals surface area contributed by atoms with Crippen LogP contribution in [0.15, 0.2) is 71.6 Å². The Morgan fingerprint density at radius 1 is 0.923 bits per heavy atom. The average molecular weight is 542 g/mol. The van der Waals surface area contributed by atoms with Gasteiger partial charge in [-0.15, -0.1) is 0 Å². The normalized spacial score (nSPS) is 17.4. The van der Waals surface area contributed by atoms with Crippen LogP contribution < -0.4 is 4.90 Å². The number of amides is 1. The van der Waals surface area contributed by atoms with Crippen molar-refractivity contribution in [3.63, 3.8) is 0 Å². The van der Waals surface area contributed by atoms with Crippen LogP contribution in [0.5, 0.6) is 0 Å². The molecular formula is C31H31N3O4S. The Hall–Kier alpha value is -3.72. The van der Waals surface area contributed by atoms with Crippen LogP contribution in [-0.4, -0.2) is 56.0 Å². The van der Waals surface area contributed by atoms with E-state index in [0.29, 0.717) is 44.0 Å². The highest BCUT2D eigenvalue weighted by atomic mass is 32.2. The number of morpholine rings is 1. The number of ether oxygens (including phenoxy) is 1. The average Bonchev–Trinajstić information content (AvgIpc) is 3.39. The number of nitrogens with zero attached hydrogens (tertiary/aromatic N) is 3. The number of aryl methyl sites for hydroxylation is 1. The highest BCUT2D eigenvalue weighted by molar-refractivity contribution is 7.89. The van der Waals surface area contributed by atoms with Gasteiger partial charge in [0.25, 0.3) is 5.91 Å². The second kappa shape index (κ2) is 9.79. The van der Waals surface area contributed by atoms with Gasteiger partial charge in [-0.05, 0) is 79.6 Å². The monoisotopic (exact) mass is 541 g/mol. The fourth-order valence-electron chi connectivity index (χ4n) is 5.69. The number of aromatic nitrogens is 1. The number of sulfonamides is 1. The van der Waals surface area contributed by atoms with Gasteiger partial charge in [0.05, 0.1) is 23.8 Å². The van der Waals surface area contributed by atoms with Gasteiger partial charge in [0.1, 0.15) is 0 Å². The Balaban J connectivity index is 1.44. The lowest BCUT2D eigenvalue weighted by molar-refractivity contribution is -0.112. The molecule has 7 nitrogen and oxygen atoms in total. The largest absolute Gasteiger partial charge is 0.379 e. The lowest BCUT2D eigenvalue weighted by Crippen LogP contribution is -2.40. The molecule has 1 fully saturated rings. The van der Waals surface area contributed by atoms with Crippen LogP contribution in [0.2, 0.25) is 0 Å². The Kier molecular flexibility index (Phi) is 6.41. The lowest BCUT2D eigenvalue weighted by Gasteiger charge is -2.26. The van der Waals surface area contributed by atoms with E-state index >= 15 is 0 Å². The molecule has 0 unspecified atom stereocenters. The van der Waals surface area contributed by atoms with E-state index in [1.54, 1.807) is 23.1 Å². The third kappa shape index (κ3) is 4.29. The van der Waals surface area contributed by atoms with Crippen molar-refractivity contribution in [3.05, 3.63) is 89.2 Å². The van der Waals surface area contributed by atoms with E-state index in [9.17, 15) is 13.2 Å². The van der Waals surface area contributed by atoms with Gasteiger partial charge in [0.2, 0.25) is 10.0 Å². The van der Waals surface area contributed by atoms with Crippen molar-refractivity contribution in [2.75, 3.05) is 37.7 Å². The molecular weight excluding hydrogens is 510 g/mol. The van der Waals surface area contributed by atoms with E-state index < -0.39 is 10.0 Å². The zero-order valence-corrected chi connectivity index (χ0v) is 23.2. The molecule has 2 aliphatic heterocycles. The predicted octanol–water partition coefficient (Wildman–Crippen LogP) is 5.18. The van der Waals surface area contributed by atoms with E-state index in [2.05, 4.69) is 47.9 Å². The fraction of sp³-hybridized carbons (Fsp3) is 0.258. The molecule has 4 aromatic rings. The third-order valence-electron chi connectivity index (χ3n) is 7.71. The predicted molar refractivity (Wildman–Crippen MR) is 155 cm³/mol. The maximum atomic E-state index is 13.6. The Morgan fingerprint density at radius 2 is 1.67 bits per heavy atom. The second-order valence-corrected chi connectivity index (χ2v) is 11.9. The minimum absolute atomic E-state index is 0.121. The van der Waals surface area contributed by atoms with Gasteiger partial charge in [-0.1, -0.05) is 30.3 Å². The van der Waals surface area contributed by atoms with Gasteiger partial charge >= 0.3 is 0 Å². The molecule has 3 heterocycles. The Bertz CT molecular complexity index is 1750. The molecule has 0 spiro atoms. The highest BCUT2D eigenvalue weighted by Gasteiger charge is 2.34. The molecule has 0 bridgehead atoms. The Labute approximate surface area is 229 Å². The van der Waals surface area contributed by atoms with Gasteiger partial charge in [0, 0.05) is 47.8 Å². The standard InChI is InChI=1S/C31H31N3O4S/c1-4-33-30-12-11-27(39(36,37)32-13-15-38-16-14-32)20-28(30)29(31(33)35)19-25-17-21(2)34(22(25)3)26-10-9-23-7-5-6-8-24(23)18-26/h5-12,17-20H,4,13-16H2,1-3H3. The molecule has 0 aliphatic carbocycles. The molecule has 1 aromatic heterocycles. The summed E-state index contributed by atoms with van der Waals surface area (Å²) in [5, 5.41) is 2.34. The van der Waals surface area contributed by atoms with Crippen molar-refractivity contribution in [2.24, 2.45) is 0 Å². The molecule has 39 heavy (non-hydrogen) atoms. The first kappa shape index (κ1) is 25.6. The molecule has 2 aliphatic rings. The summed E-state index contributed by atoms with van der Waals surface area (Å²) in [5.41, 5.74) is 5.93. The van der Waals surface area contributed by atoms with E-state index in [1.165, 1.54) is 9.69 Å². The minimum atomic E-state index is -3.69. The van der Waals surface area contributed by atoms with Crippen molar-refractivity contribution < 1.29 is 17.9 Å². The number of carbonyl (C=O) groups is 1. The summed E-state index contributed by atoms with van der Waals surface area (Å²) >= 11 is 0. The zero-order valence-electron chi connectivity index (χ0n) is 22.3. The maximum absolute atomic E-state index is 13.6. The smallest absolute Gasteiger partial charge is 0.258 e. The van der Waals surface area contributed by atoms with Crippen LogP contribution in [-0.2, 0) is 19.6 Å². The molecule has 0 N–H and O–H groups in total. The van der Waals surface area contributed by atoms with Gasteiger partial charge < -0.3 is 14.2 Å². The number of hydrogen-bond acceptors (Lipinski definition) is 4. The zero-order chi connectivity index (χ0) is 27.3. The lowest BCUT2D eigenvalue weighted by atomic mass is 10.0. The van der Waals surface area contributed by atoms with Crippen LogP contribution in [0.4, 0.5) is 5.69 Å². The van der Waals surface area contributed by atoms with E-state index in [0.717, 1.165) is 33.7 Å². The number of likely N-dealkylation sites (N-methyl/N-ethyl adjacent to an activating group) is 1. The number of anilines is 1. The van der Waals surface area contributed by atoms with Crippen LogP contribution in [0.25, 0.3) is 28.1 Å². The molecule has 0 saturated carbocycles. The van der Waals surface area contributed by atoms with Crippen molar-refractivity contribution in [1.82, 2.24) is 8.87 Å². The van der Waals surface area contributed by atoms with Crippen molar-refractivity contribution in [1.29, 1.82) is 0 Å². The molecule has 200 valence electrons. The number of carbonyl (C=O) groups excluding carboxylic acids is 1. The molecule has 1 amide bonds. The topological polar surface area (TPSA) is 71.9 Å². The van der Waals surface area contributed by atoms with Gasteiger partial charge in [-0.25, -0.2) is 8.42 Å². The van der Waals surface area contributed by atoms with Crippen LogP contribution in [0.1, 0.15) is 29.4 Å². The van der Waals surface area contributed by atoms with Gasteiger partial charge in [0.15, 0.2) is 0 Å². The van der Waals surface area contributed by atoms with Crippen LogP contribution in [0.3, 0.4) is 0 Å². The van der Waals surface area contributed by atoms with Crippen molar-refractivity contribution >= 4 is 44.0 Å². The minimum Gasteiger partial charge on any atom is -0.379 e. The number of fused-ring (bicyclic) bond motifs is 2.